The molecule has 4 nitrogen and oxygen atoms in total. The van der Waals surface area contributed by atoms with Gasteiger partial charge >= 0.3 is 5.97 Å². The lowest BCUT2D eigenvalue weighted by Gasteiger charge is -2.29. The number of carboxylic acids is 1. The number of hydrogen-bond donors (Lipinski definition) is 2. The van der Waals surface area contributed by atoms with Crippen LogP contribution < -0.4 is 5.32 Å². The number of carbonyl (C=O) groups excluding carboxylic acids is 1. The Bertz CT molecular complexity index is 530. The average Bonchev–Trinajstić information content (AvgIpc) is 2.38. The Hall–Kier alpha value is -1.36. The molecule has 2 rings (SSSR count). The lowest BCUT2D eigenvalue weighted by atomic mass is 9.84. The summed E-state index contributed by atoms with van der Waals surface area (Å²) >= 11 is 3.36. The molecule has 0 heterocycles. The van der Waals surface area contributed by atoms with E-state index in [4.69, 9.17) is 0 Å². The minimum absolute atomic E-state index is 0.187. The second-order valence-corrected chi connectivity index (χ2v) is 6.18. The first-order chi connectivity index (χ1) is 9.49. The molecule has 0 saturated heterocycles. The van der Waals surface area contributed by atoms with Crippen molar-refractivity contribution < 1.29 is 14.7 Å². The third kappa shape index (κ3) is 3.39. The van der Waals surface area contributed by atoms with Gasteiger partial charge in [0.1, 0.15) is 0 Å². The summed E-state index contributed by atoms with van der Waals surface area (Å²) in [5.74, 6) is -1.47. The van der Waals surface area contributed by atoms with E-state index in [9.17, 15) is 14.7 Å². The maximum Gasteiger partial charge on any atom is 0.308 e. The second kappa shape index (κ2) is 6.39. The highest BCUT2D eigenvalue weighted by Crippen LogP contribution is 2.25. The summed E-state index contributed by atoms with van der Waals surface area (Å²) in [5, 5.41) is 12.1. The van der Waals surface area contributed by atoms with E-state index in [1.165, 1.54) is 0 Å². The van der Waals surface area contributed by atoms with Gasteiger partial charge in [0.15, 0.2) is 0 Å². The minimum Gasteiger partial charge on any atom is -0.481 e. The number of aryl methyl sites for hydroxylation is 1. The van der Waals surface area contributed by atoms with Crippen LogP contribution in [0.5, 0.6) is 0 Å². The second-order valence-electron chi connectivity index (χ2n) is 5.27. The summed E-state index contributed by atoms with van der Waals surface area (Å²) in [6.45, 7) is 1.87. The highest BCUT2D eigenvalue weighted by atomic mass is 79.9. The van der Waals surface area contributed by atoms with Gasteiger partial charge in [0.2, 0.25) is 0 Å². The number of hydrogen-bond acceptors (Lipinski definition) is 2. The topological polar surface area (TPSA) is 66.4 Å². The van der Waals surface area contributed by atoms with E-state index in [1.54, 1.807) is 6.07 Å². The number of carbonyl (C=O) groups is 2. The Balaban J connectivity index is 2.11. The number of carboxylic acid groups (broad SMARTS) is 1. The fraction of sp³-hybridized carbons (Fsp3) is 0.467. The minimum atomic E-state index is -0.817. The number of halogens is 1. The van der Waals surface area contributed by atoms with E-state index in [0.29, 0.717) is 12.0 Å². The average molecular weight is 340 g/mol. The fourth-order valence-corrected chi connectivity index (χ4v) is 3.20. The van der Waals surface area contributed by atoms with Crippen LogP contribution in [0.15, 0.2) is 22.7 Å². The van der Waals surface area contributed by atoms with Gasteiger partial charge < -0.3 is 10.4 Å². The molecule has 1 aliphatic carbocycles. The van der Waals surface area contributed by atoms with E-state index >= 15 is 0 Å². The van der Waals surface area contributed by atoms with Gasteiger partial charge in [-0.1, -0.05) is 28.8 Å². The molecule has 0 aromatic heterocycles. The van der Waals surface area contributed by atoms with E-state index < -0.39 is 11.9 Å². The standard InChI is InChI=1S/C15H18BrNO3/c1-9-8-10(16)6-7-11(9)14(18)17-13-5-3-2-4-12(13)15(19)20/h6-8,12-13H,2-5H2,1H3,(H,17,18)(H,19,20). The Morgan fingerprint density at radius 1 is 1.30 bits per heavy atom. The monoisotopic (exact) mass is 339 g/mol. The van der Waals surface area contributed by atoms with Crippen molar-refractivity contribution in [1.29, 1.82) is 0 Å². The van der Waals surface area contributed by atoms with Crippen LogP contribution in [-0.4, -0.2) is 23.0 Å². The Morgan fingerprint density at radius 3 is 2.65 bits per heavy atom. The van der Waals surface area contributed by atoms with Crippen LogP contribution in [0.3, 0.4) is 0 Å². The number of benzene rings is 1. The van der Waals surface area contributed by atoms with Crippen molar-refractivity contribution in [2.45, 2.75) is 38.6 Å². The summed E-state index contributed by atoms with van der Waals surface area (Å²) in [5.41, 5.74) is 1.47. The summed E-state index contributed by atoms with van der Waals surface area (Å²) < 4.78 is 0.924. The van der Waals surface area contributed by atoms with E-state index in [2.05, 4.69) is 21.2 Å². The highest BCUT2D eigenvalue weighted by molar-refractivity contribution is 9.10. The maximum atomic E-state index is 12.3. The molecule has 0 aliphatic heterocycles. The predicted molar refractivity (Wildman–Crippen MR) is 79.7 cm³/mol. The molecular formula is C15H18BrNO3. The van der Waals surface area contributed by atoms with Gasteiger partial charge in [-0.05, 0) is 43.5 Å². The first-order valence-electron chi connectivity index (χ1n) is 6.79. The molecule has 20 heavy (non-hydrogen) atoms. The van der Waals surface area contributed by atoms with Crippen LogP contribution in [0.25, 0.3) is 0 Å². The van der Waals surface area contributed by atoms with Gasteiger partial charge in [-0.3, -0.25) is 9.59 Å². The zero-order valence-electron chi connectivity index (χ0n) is 11.4. The quantitative estimate of drug-likeness (QED) is 0.888. The van der Waals surface area contributed by atoms with Crippen molar-refractivity contribution in [3.05, 3.63) is 33.8 Å². The van der Waals surface area contributed by atoms with Gasteiger partial charge in [-0.2, -0.15) is 0 Å². The first kappa shape index (κ1) is 15.0. The molecule has 5 heteroatoms. The lowest BCUT2D eigenvalue weighted by molar-refractivity contribution is -0.143. The molecule has 1 saturated carbocycles. The summed E-state index contributed by atoms with van der Waals surface area (Å²) in [6, 6.07) is 5.19. The van der Waals surface area contributed by atoms with E-state index in [-0.39, 0.29) is 11.9 Å². The third-order valence-corrected chi connectivity index (χ3v) is 4.33. The third-order valence-electron chi connectivity index (χ3n) is 3.83. The Kier molecular flexibility index (Phi) is 4.81. The molecular weight excluding hydrogens is 322 g/mol. The first-order valence-corrected chi connectivity index (χ1v) is 7.58. The van der Waals surface area contributed by atoms with Crippen LogP contribution in [0.4, 0.5) is 0 Å². The van der Waals surface area contributed by atoms with Crippen LogP contribution >= 0.6 is 15.9 Å². The maximum absolute atomic E-state index is 12.3. The summed E-state index contributed by atoms with van der Waals surface area (Å²) in [6.07, 6.45) is 3.26. The molecule has 1 aromatic rings. The molecule has 2 atom stereocenters. The molecule has 108 valence electrons. The molecule has 2 N–H and O–H groups in total. The van der Waals surface area contributed by atoms with Crippen LogP contribution in [0.2, 0.25) is 0 Å². The number of nitrogens with one attached hydrogen (secondary N) is 1. The van der Waals surface area contributed by atoms with E-state index in [0.717, 1.165) is 29.3 Å². The molecule has 0 spiro atoms. The number of aliphatic carboxylic acids is 1. The number of rotatable bonds is 3. The van der Waals surface area contributed by atoms with Crippen molar-refractivity contribution in [2.24, 2.45) is 5.92 Å². The van der Waals surface area contributed by atoms with E-state index in [1.807, 2.05) is 19.1 Å². The molecule has 1 aromatic carbocycles. The van der Waals surface area contributed by atoms with Gasteiger partial charge in [-0.15, -0.1) is 0 Å². The summed E-state index contributed by atoms with van der Waals surface area (Å²) in [4.78, 5) is 23.5. The molecule has 1 amide bonds. The zero-order valence-corrected chi connectivity index (χ0v) is 12.9. The van der Waals surface area contributed by atoms with Crippen molar-refractivity contribution in [1.82, 2.24) is 5.32 Å². The lowest BCUT2D eigenvalue weighted by Crippen LogP contribution is -2.45. The predicted octanol–water partition coefficient (Wildman–Crippen LogP) is 3.13. The zero-order chi connectivity index (χ0) is 14.7. The van der Waals surface area contributed by atoms with Crippen LogP contribution in [0, 0.1) is 12.8 Å². The normalized spacial score (nSPS) is 22.3. The Morgan fingerprint density at radius 2 is 2.00 bits per heavy atom. The van der Waals surface area contributed by atoms with Gasteiger partial charge in [0.25, 0.3) is 5.91 Å². The fourth-order valence-electron chi connectivity index (χ4n) is 2.73. The Labute approximate surface area is 126 Å². The molecule has 2 unspecified atom stereocenters. The summed E-state index contributed by atoms with van der Waals surface area (Å²) in [7, 11) is 0. The molecule has 0 radical (unpaired) electrons. The largest absolute Gasteiger partial charge is 0.481 e. The van der Waals surface area contributed by atoms with Gasteiger partial charge in [0, 0.05) is 16.1 Å². The van der Waals surface area contributed by atoms with Crippen LogP contribution in [0.1, 0.15) is 41.6 Å². The van der Waals surface area contributed by atoms with Crippen molar-refractivity contribution >= 4 is 27.8 Å². The van der Waals surface area contributed by atoms with Crippen molar-refractivity contribution in [3.63, 3.8) is 0 Å². The highest BCUT2D eigenvalue weighted by Gasteiger charge is 2.32. The van der Waals surface area contributed by atoms with Crippen molar-refractivity contribution in [3.8, 4) is 0 Å². The molecule has 1 aliphatic rings. The smallest absolute Gasteiger partial charge is 0.308 e. The SMILES string of the molecule is Cc1cc(Br)ccc1C(=O)NC1CCCCC1C(=O)O. The molecule has 1 fully saturated rings. The van der Waals surface area contributed by atoms with Crippen LogP contribution in [-0.2, 0) is 4.79 Å². The van der Waals surface area contributed by atoms with Gasteiger partial charge in [-0.25, -0.2) is 0 Å². The van der Waals surface area contributed by atoms with Gasteiger partial charge in [0.05, 0.1) is 5.92 Å². The molecule has 0 bridgehead atoms. The number of amides is 1. The van der Waals surface area contributed by atoms with Crippen molar-refractivity contribution in [2.75, 3.05) is 0 Å².